The van der Waals surface area contributed by atoms with E-state index < -0.39 is 5.92 Å². The number of primary amides is 1. The molecule has 1 saturated heterocycles. The number of rotatable bonds is 6. The molecule has 0 aromatic heterocycles. The standard InChI is InChI=1S/C17H25FN4O/c1-2-20-17(22-9-3-4-10-22)21-12-14(16(19)23)11-13-5-7-15(18)8-6-13/h5-8,14H,2-4,9-12H2,1H3,(H2,19,23)(H,20,21). The van der Waals surface area contributed by atoms with Crippen LogP contribution >= 0.6 is 0 Å². The summed E-state index contributed by atoms with van der Waals surface area (Å²) >= 11 is 0. The quantitative estimate of drug-likeness (QED) is 0.617. The molecule has 3 N–H and O–H groups in total. The molecule has 1 aromatic carbocycles. The summed E-state index contributed by atoms with van der Waals surface area (Å²) in [6.45, 7) is 5.13. The molecule has 1 aliphatic heterocycles. The van der Waals surface area contributed by atoms with E-state index in [2.05, 4.69) is 15.2 Å². The van der Waals surface area contributed by atoms with E-state index >= 15 is 0 Å². The second kappa shape index (κ2) is 8.50. The molecule has 2 rings (SSSR count). The average molecular weight is 320 g/mol. The van der Waals surface area contributed by atoms with Crippen molar-refractivity contribution in [2.75, 3.05) is 26.2 Å². The number of hydrogen-bond acceptors (Lipinski definition) is 2. The van der Waals surface area contributed by atoms with E-state index in [4.69, 9.17) is 5.73 Å². The van der Waals surface area contributed by atoms with Crippen molar-refractivity contribution in [3.05, 3.63) is 35.6 Å². The van der Waals surface area contributed by atoms with E-state index in [0.29, 0.717) is 13.0 Å². The monoisotopic (exact) mass is 320 g/mol. The van der Waals surface area contributed by atoms with Crippen LogP contribution in [0.4, 0.5) is 4.39 Å². The molecule has 1 unspecified atom stereocenters. The second-order valence-corrected chi connectivity index (χ2v) is 5.82. The van der Waals surface area contributed by atoms with Crippen molar-refractivity contribution in [3.8, 4) is 0 Å². The zero-order chi connectivity index (χ0) is 16.7. The number of benzene rings is 1. The summed E-state index contributed by atoms with van der Waals surface area (Å²) in [5.74, 6) is -0.215. The minimum atomic E-state index is -0.392. The van der Waals surface area contributed by atoms with Crippen LogP contribution < -0.4 is 11.1 Å². The van der Waals surface area contributed by atoms with Gasteiger partial charge in [0.15, 0.2) is 5.96 Å². The van der Waals surface area contributed by atoms with Crippen molar-refractivity contribution in [1.82, 2.24) is 10.2 Å². The fourth-order valence-electron chi connectivity index (χ4n) is 2.71. The van der Waals surface area contributed by atoms with Gasteiger partial charge in [0.1, 0.15) is 5.82 Å². The number of aliphatic imine (C=N–C) groups is 1. The number of carbonyl (C=O) groups excluding carboxylic acids is 1. The topological polar surface area (TPSA) is 70.7 Å². The molecule has 1 aliphatic rings. The Labute approximate surface area is 136 Å². The van der Waals surface area contributed by atoms with Crippen LogP contribution in [0.5, 0.6) is 0 Å². The molecule has 6 heteroatoms. The average Bonchev–Trinajstić information content (AvgIpc) is 3.06. The number of nitrogens with two attached hydrogens (primary N) is 1. The lowest BCUT2D eigenvalue weighted by Crippen LogP contribution is -2.40. The van der Waals surface area contributed by atoms with Gasteiger partial charge < -0.3 is 16.0 Å². The summed E-state index contributed by atoms with van der Waals surface area (Å²) in [7, 11) is 0. The van der Waals surface area contributed by atoms with Crippen molar-refractivity contribution in [3.63, 3.8) is 0 Å². The molecule has 0 aliphatic carbocycles. The number of hydrogen-bond donors (Lipinski definition) is 2. The van der Waals surface area contributed by atoms with Crippen LogP contribution in [0, 0.1) is 11.7 Å². The Balaban J connectivity index is 2.03. The molecule has 126 valence electrons. The fourth-order valence-corrected chi connectivity index (χ4v) is 2.71. The summed E-state index contributed by atoms with van der Waals surface area (Å²) in [5, 5.41) is 3.26. The first kappa shape index (κ1) is 17.2. The minimum absolute atomic E-state index is 0.286. The first-order valence-electron chi connectivity index (χ1n) is 8.17. The van der Waals surface area contributed by atoms with Crippen LogP contribution in [-0.2, 0) is 11.2 Å². The minimum Gasteiger partial charge on any atom is -0.369 e. The smallest absolute Gasteiger partial charge is 0.222 e. The summed E-state index contributed by atoms with van der Waals surface area (Å²) in [4.78, 5) is 18.5. The van der Waals surface area contributed by atoms with Gasteiger partial charge in [0, 0.05) is 19.6 Å². The van der Waals surface area contributed by atoms with E-state index in [-0.39, 0.29) is 11.7 Å². The highest BCUT2D eigenvalue weighted by atomic mass is 19.1. The molecular formula is C17H25FN4O. The van der Waals surface area contributed by atoms with Crippen molar-refractivity contribution in [1.29, 1.82) is 0 Å². The fraction of sp³-hybridized carbons (Fsp3) is 0.529. The molecule has 0 radical (unpaired) electrons. The summed E-state index contributed by atoms with van der Waals surface area (Å²) < 4.78 is 13.0. The maximum Gasteiger partial charge on any atom is 0.222 e. The molecule has 23 heavy (non-hydrogen) atoms. The SMILES string of the molecule is CCNC(=NCC(Cc1ccc(F)cc1)C(N)=O)N1CCCC1. The Morgan fingerprint density at radius 3 is 2.57 bits per heavy atom. The lowest BCUT2D eigenvalue weighted by Gasteiger charge is -2.21. The Morgan fingerprint density at radius 1 is 1.35 bits per heavy atom. The molecule has 1 heterocycles. The van der Waals surface area contributed by atoms with E-state index in [1.54, 1.807) is 12.1 Å². The van der Waals surface area contributed by atoms with Crippen molar-refractivity contribution < 1.29 is 9.18 Å². The number of amides is 1. The van der Waals surface area contributed by atoms with Gasteiger partial charge >= 0.3 is 0 Å². The third kappa shape index (κ3) is 5.23. The maximum absolute atomic E-state index is 13.0. The van der Waals surface area contributed by atoms with Gasteiger partial charge in [-0.15, -0.1) is 0 Å². The predicted octanol–water partition coefficient (Wildman–Crippen LogP) is 1.53. The van der Waals surface area contributed by atoms with Crippen molar-refractivity contribution in [2.45, 2.75) is 26.2 Å². The third-order valence-corrected chi connectivity index (χ3v) is 4.00. The van der Waals surface area contributed by atoms with E-state index in [1.165, 1.54) is 25.0 Å². The van der Waals surface area contributed by atoms with Crippen LogP contribution in [0.2, 0.25) is 0 Å². The Morgan fingerprint density at radius 2 is 2.00 bits per heavy atom. The molecule has 0 bridgehead atoms. The van der Waals surface area contributed by atoms with Crippen LogP contribution in [0.3, 0.4) is 0 Å². The van der Waals surface area contributed by atoms with Gasteiger partial charge in [-0.05, 0) is 43.9 Å². The molecule has 1 fully saturated rings. The molecule has 0 spiro atoms. The van der Waals surface area contributed by atoms with Gasteiger partial charge in [-0.25, -0.2) is 4.39 Å². The Hall–Kier alpha value is -2.11. The van der Waals surface area contributed by atoms with Crippen LogP contribution in [-0.4, -0.2) is 42.9 Å². The summed E-state index contributed by atoms with van der Waals surface area (Å²) in [6, 6.07) is 6.15. The van der Waals surface area contributed by atoms with Gasteiger partial charge in [0.2, 0.25) is 5.91 Å². The molecule has 0 saturated carbocycles. The predicted molar refractivity (Wildman–Crippen MR) is 89.6 cm³/mol. The maximum atomic E-state index is 13.0. The van der Waals surface area contributed by atoms with Gasteiger partial charge in [0.05, 0.1) is 12.5 Å². The number of nitrogens with one attached hydrogen (secondary N) is 1. The lowest BCUT2D eigenvalue weighted by atomic mass is 9.99. The van der Waals surface area contributed by atoms with E-state index in [0.717, 1.165) is 31.2 Å². The van der Waals surface area contributed by atoms with Crippen LogP contribution in [0.25, 0.3) is 0 Å². The molecule has 1 aromatic rings. The van der Waals surface area contributed by atoms with Gasteiger partial charge in [0.25, 0.3) is 0 Å². The van der Waals surface area contributed by atoms with Crippen molar-refractivity contribution in [2.24, 2.45) is 16.6 Å². The summed E-state index contributed by atoms with van der Waals surface area (Å²) in [5.41, 5.74) is 6.40. The first-order valence-corrected chi connectivity index (χ1v) is 8.17. The molecule has 1 atom stereocenters. The number of carbonyl (C=O) groups is 1. The Kier molecular flexibility index (Phi) is 6.38. The van der Waals surface area contributed by atoms with Crippen molar-refractivity contribution >= 4 is 11.9 Å². The normalized spacial score (nSPS) is 16.4. The second-order valence-electron chi connectivity index (χ2n) is 5.82. The van der Waals surface area contributed by atoms with Gasteiger partial charge in [-0.3, -0.25) is 9.79 Å². The first-order chi connectivity index (χ1) is 11.1. The third-order valence-electron chi connectivity index (χ3n) is 4.00. The highest BCUT2D eigenvalue weighted by molar-refractivity contribution is 5.81. The largest absolute Gasteiger partial charge is 0.369 e. The zero-order valence-electron chi connectivity index (χ0n) is 13.6. The Bertz CT molecular complexity index is 538. The van der Waals surface area contributed by atoms with E-state index in [9.17, 15) is 9.18 Å². The highest BCUT2D eigenvalue weighted by Gasteiger charge is 2.19. The lowest BCUT2D eigenvalue weighted by molar-refractivity contribution is -0.121. The van der Waals surface area contributed by atoms with Gasteiger partial charge in [-0.1, -0.05) is 12.1 Å². The van der Waals surface area contributed by atoms with Crippen LogP contribution in [0.1, 0.15) is 25.3 Å². The number of nitrogens with zero attached hydrogens (tertiary/aromatic N) is 2. The highest BCUT2D eigenvalue weighted by Crippen LogP contribution is 2.12. The van der Waals surface area contributed by atoms with Crippen LogP contribution in [0.15, 0.2) is 29.3 Å². The number of likely N-dealkylation sites (tertiary alicyclic amines) is 1. The summed E-state index contributed by atoms with van der Waals surface area (Å²) in [6.07, 6.45) is 2.80. The molecule has 1 amide bonds. The van der Waals surface area contributed by atoms with Gasteiger partial charge in [-0.2, -0.15) is 0 Å². The molecule has 5 nitrogen and oxygen atoms in total. The zero-order valence-corrected chi connectivity index (χ0v) is 13.6. The number of halogens is 1. The van der Waals surface area contributed by atoms with E-state index in [1.807, 2.05) is 6.92 Å². The molecular weight excluding hydrogens is 295 g/mol. The number of guanidine groups is 1.